The first kappa shape index (κ1) is 17.3. The molecule has 0 spiro atoms. The van der Waals surface area contributed by atoms with Crippen LogP contribution in [-0.4, -0.2) is 36.0 Å². The zero-order valence-electron chi connectivity index (χ0n) is 15.1. The van der Waals surface area contributed by atoms with Crippen molar-refractivity contribution in [2.45, 2.75) is 18.9 Å². The van der Waals surface area contributed by atoms with E-state index in [1.54, 1.807) is 30.9 Å². The summed E-state index contributed by atoms with van der Waals surface area (Å²) in [5.41, 5.74) is 3.28. The number of rotatable bonds is 4. The lowest BCUT2D eigenvalue weighted by Gasteiger charge is -2.11. The minimum absolute atomic E-state index is 0.0463. The number of aryl methyl sites for hydroxylation is 2. The maximum Gasteiger partial charge on any atom is 0.287 e. The number of anilines is 1. The second-order valence-corrected chi connectivity index (χ2v) is 8.05. The second kappa shape index (κ2) is 6.07. The second-order valence-electron chi connectivity index (χ2n) is 6.29. The fraction of sp³-hybridized carbons (Fsp3) is 0.278. The predicted molar refractivity (Wildman–Crippen MR) is 99.5 cm³/mol. The van der Waals surface area contributed by atoms with Crippen molar-refractivity contribution in [2.24, 2.45) is 7.05 Å². The van der Waals surface area contributed by atoms with Crippen molar-refractivity contribution < 1.29 is 8.42 Å². The topological polar surface area (TPSA) is 60.1 Å². The minimum atomic E-state index is -3.80. The third-order valence-corrected chi connectivity index (χ3v) is 5.87. The van der Waals surface area contributed by atoms with E-state index in [0.717, 1.165) is 16.8 Å². The molecule has 2 aromatic heterocycles. The Labute approximate surface area is 148 Å². The van der Waals surface area contributed by atoms with Crippen molar-refractivity contribution >= 4 is 15.7 Å². The lowest BCUT2D eigenvalue weighted by Crippen LogP contribution is -2.14. The number of hydrogen-bond donors (Lipinski definition) is 0. The van der Waals surface area contributed by atoms with Crippen molar-refractivity contribution in [2.75, 3.05) is 19.0 Å². The van der Waals surface area contributed by atoms with Crippen molar-refractivity contribution in [3.05, 3.63) is 54.1 Å². The van der Waals surface area contributed by atoms with Crippen LogP contribution in [0.1, 0.15) is 11.4 Å². The Balaban J connectivity index is 2.30. The van der Waals surface area contributed by atoms with E-state index in [4.69, 9.17) is 0 Å². The first-order valence-electron chi connectivity index (χ1n) is 7.93. The maximum atomic E-state index is 13.3. The molecule has 0 aliphatic carbocycles. The van der Waals surface area contributed by atoms with Crippen LogP contribution in [0.5, 0.6) is 0 Å². The van der Waals surface area contributed by atoms with Gasteiger partial charge in [0.2, 0.25) is 0 Å². The standard InChI is InChI=1S/C18H22N4O2S/c1-13-16(20(3)4)11-22(18(13)15-9-7-6-8-10-15)25(23,24)17-12-21(5)14(2)19-17/h6-12H,1-5H3. The Kier molecular flexibility index (Phi) is 4.20. The molecule has 0 bridgehead atoms. The van der Waals surface area contributed by atoms with Gasteiger partial charge in [-0.15, -0.1) is 0 Å². The number of benzene rings is 1. The SMILES string of the molecule is Cc1c(N(C)C)cn(S(=O)(=O)c2cn(C)c(C)n2)c1-c1ccccc1. The van der Waals surface area contributed by atoms with Crippen LogP contribution in [0, 0.1) is 13.8 Å². The number of hydrogen-bond acceptors (Lipinski definition) is 4. The van der Waals surface area contributed by atoms with E-state index in [1.165, 1.54) is 3.97 Å². The van der Waals surface area contributed by atoms with E-state index >= 15 is 0 Å². The molecule has 1 aromatic carbocycles. The average Bonchev–Trinajstić information content (AvgIpc) is 3.09. The van der Waals surface area contributed by atoms with Crippen LogP contribution in [0.15, 0.2) is 47.8 Å². The van der Waals surface area contributed by atoms with E-state index in [1.807, 2.05) is 56.3 Å². The van der Waals surface area contributed by atoms with Crippen molar-refractivity contribution in [3.63, 3.8) is 0 Å². The van der Waals surface area contributed by atoms with Crippen molar-refractivity contribution in [1.29, 1.82) is 0 Å². The Morgan fingerprint density at radius 3 is 2.20 bits per heavy atom. The molecule has 0 aliphatic heterocycles. The van der Waals surface area contributed by atoms with Crippen molar-refractivity contribution in [3.8, 4) is 11.3 Å². The Morgan fingerprint density at radius 1 is 1.04 bits per heavy atom. The van der Waals surface area contributed by atoms with Crippen LogP contribution in [0.2, 0.25) is 0 Å². The summed E-state index contributed by atoms with van der Waals surface area (Å²) in [6, 6.07) is 9.54. The summed E-state index contributed by atoms with van der Waals surface area (Å²) in [5.74, 6) is 0.650. The molecular weight excluding hydrogens is 336 g/mol. The summed E-state index contributed by atoms with van der Waals surface area (Å²) in [6.45, 7) is 3.72. The fourth-order valence-electron chi connectivity index (χ4n) is 2.89. The first-order chi connectivity index (χ1) is 11.7. The molecule has 7 heteroatoms. The van der Waals surface area contributed by atoms with Gasteiger partial charge in [0.25, 0.3) is 10.0 Å². The summed E-state index contributed by atoms with van der Waals surface area (Å²) >= 11 is 0. The number of nitrogens with zero attached hydrogens (tertiary/aromatic N) is 4. The zero-order valence-corrected chi connectivity index (χ0v) is 15.9. The highest BCUT2D eigenvalue weighted by Gasteiger charge is 2.27. The largest absolute Gasteiger partial charge is 0.376 e. The van der Waals surface area contributed by atoms with Crippen LogP contribution in [-0.2, 0) is 17.1 Å². The smallest absolute Gasteiger partial charge is 0.287 e. The van der Waals surface area contributed by atoms with Crippen molar-refractivity contribution in [1.82, 2.24) is 13.5 Å². The van der Waals surface area contributed by atoms with E-state index < -0.39 is 10.0 Å². The normalized spacial score (nSPS) is 11.7. The van der Waals surface area contributed by atoms with Gasteiger partial charge in [-0.3, -0.25) is 0 Å². The molecule has 0 fully saturated rings. The lowest BCUT2D eigenvalue weighted by atomic mass is 10.1. The molecule has 0 unspecified atom stereocenters. The predicted octanol–water partition coefficient (Wildman–Crippen LogP) is 2.81. The molecule has 0 saturated carbocycles. The molecule has 132 valence electrons. The van der Waals surface area contributed by atoms with Gasteiger partial charge in [-0.25, -0.2) is 8.96 Å². The monoisotopic (exact) mass is 358 g/mol. The molecule has 0 amide bonds. The lowest BCUT2D eigenvalue weighted by molar-refractivity contribution is 0.584. The van der Waals surface area contributed by atoms with Gasteiger partial charge in [0.15, 0.2) is 5.03 Å². The summed E-state index contributed by atoms with van der Waals surface area (Å²) < 4.78 is 29.5. The summed E-state index contributed by atoms with van der Waals surface area (Å²) in [5, 5.41) is 0.0463. The van der Waals surface area contributed by atoms with E-state index in [0.29, 0.717) is 11.5 Å². The molecular formula is C18H22N4O2S. The molecule has 0 radical (unpaired) electrons. The van der Waals surface area contributed by atoms with E-state index in [9.17, 15) is 8.42 Å². The Hall–Kier alpha value is -2.54. The van der Waals surface area contributed by atoms with Crippen LogP contribution < -0.4 is 4.90 Å². The highest BCUT2D eigenvalue weighted by atomic mass is 32.2. The number of imidazole rings is 1. The first-order valence-corrected chi connectivity index (χ1v) is 9.37. The van der Waals surface area contributed by atoms with E-state index in [2.05, 4.69) is 4.98 Å². The van der Waals surface area contributed by atoms with Gasteiger partial charge in [-0.1, -0.05) is 30.3 Å². The van der Waals surface area contributed by atoms with Gasteiger partial charge < -0.3 is 9.47 Å². The van der Waals surface area contributed by atoms with Crippen LogP contribution >= 0.6 is 0 Å². The molecule has 0 N–H and O–H groups in total. The van der Waals surface area contributed by atoms with Crippen LogP contribution in [0.4, 0.5) is 5.69 Å². The van der Waals surface area contributed by atoms with Crippen LogP contribution in [0.25, 0.3) is 11.3 Å². The molecule has 3 aromatic rings. The van der Waals surface area contributed by atoms with Gasteiger partial charge in [-0.05, 0) is 25.0 Å². The summed E-state index contributed by atoms with van der Waals surface area (Å²) in [7, 11) is 1.79. The maximum absolute atomic E-state index is 13.3. The third-order valence-electron chi connectivity index (χ3n) is 4.34. The highest BCUT2D eigenvalue weighted by molar-refractivity contribution is 7.90. The Bertz CT molecular complexity index is 996. The third kappa shape index (κ3) is 2.84. The summed E-state index contributed by atoms with van der Waals surface area (Å²) in [6.07, 6.45) is 3.21. The molecule has 0 atom stereocenters. The van der Waals surface area contributed by atoms with Crippen LogP contribution in [0.3, 0.4) is 0 Å². The molecule has 6 nitrogen and oxygen atoms in total. The van der Waals surface area contributed by atoms with Gasteiger partial charge >= 0.3 is 0 Å². The van der Waals surface area contributed by atoms with Gasteiger partial charge in [0.1, 0.15) is 5.82 Å². The molecule has 3 rings (SSSR count). The number of aromatic nitrogens is 3. The zero-order chi connectivity index (χ0) is 18.4. The molecule has 0 aliphatic rings. The molecule has 25 heavy (non-hydrogen) atoms. The Morgan fingerprint density at radius 2 is 1.68 bits per heavy atom. The molecule has 0 saturated heterocycles. The molecule has 2 heterocycles. The summed E-state index contributed by atoms with van der Waals surface area (Å²) in [4.78, 5) is 6.13. The van der Waals surface area contributed by atoms with Gasteiger partial charge in [-0.2, -0.15) is 8.42 Å². The fourth-order valence-corrected chi connectivity index (χ4v) is 4.35. The van der Waals surface area contributed by atoms with E-state index in [-0.39, 0.29) is 5.03 Å². The quantitative estimate of drug-likeness (QED) is 0.719. The van der Waals surface area contributed by atoms with Gasteiger partial charge in [0, 0.05) is 33.5 Å². The minimum Gasteiger partial charge on any atom is -0.376 e. The highest BCUT2D eigenvalue weighted by Crippen LogP contribution is 2.34. The average molecular weight is 358 g/mol. The van der Waals surface area contributed by atoms with Gasteiger partial charge in [0.05, 0.1) is 11.4 Å².